The lowest BCUT2D eigenvalue weighted by atomic mass is 9.95. The van der Waals surface area contributed by atoms with Gasteiger partial charge in [0.15, 0.2) is 0 Å². The molecule has 0 atom stereocenters. The number of nitrogens with zero attached hydrogens (tertiary/aromatic N) is 2. The Morgan fingerprint density at radius 3 is 2.37 bits per heavy atom. The normalized spacial score (nSPS) is 16.4. The van der Waals surface area contributed by atoms with Crippen molar-refractivity contribution in [3.05, 3.63) is 59.2 Å². The molecule has 1 fully saturated rings. The SMILES string of the molecule is CN1CCN(Cc2ccc(-c3ccccc3C(N)=O)cc2C(F)(F)F)CC1. The van der Waals surface area contributed by atoms with E-state index >= 15 is 0 Å². The van der Waals surface area contributed by atoms with Crippen molar-refractivity contribution in [2.45, 2.75) is 12.7 Å². The van der Waals surface area contributed by atoms with E-state index < -0.39 is 17.6 Å². The van der Waals surface area contributed by atoms with E-state index in [1.165, 1.54) is 12.1 Å². The van der Waals surface area contributed by atoms with Crippen LogP contribution in [0.15, 0.2) is 42.5 Å². The number of rotatable bonds is 4. The van der Waals surface area contributed by atoms with Gasteiger partial charge in [0.25, 0.3) is 0 Å². The van der Waals surface area contributed by atoms with Crippen molar-refractivity contribution >= 4 is 5.91 Å². The number of hydrogen-bond donors (Lipinski definition) is 1. The third-order valence-corrected chi connectivity index (χ3v) is 4.91. The average molecular weight is 377 g/mol. The monoisotopic (exact) mass is 377 g/mol. The highest BCUT2D eigenvalue weighted by Crippen LogP contribution is 2.36. The van der Waals surface area contributed by atoms with E-state index in [9.17, 15) is 18.0 Å². The van der Waals surface area contributed by atoms with Gasteiger partial charge in [-0.25, -0.2) is 0 Å². The van der Waals surface area contributed by atoms with Crippen molar-refractivity contribution in [1.29, 1.82) is 0 Å². The van der Waals surface area contributed by atoms with Crippen LogP contribution in [0.5, 0.6) is 0 Å². The number of carbonyl (C=O) groups excluding carboxylic acids is 1. The number of nitrogens with two attached hydrogens (primary N) is 1. The molecule has 0 spiro atoms. The predicted molar refractivity (Wildman–Crippen MR) is 98.2 cm³/mol. The summed E-state index contributed by atoms with van der Waals surface area (Å²) in [5.41, 5.74) is 5.89. The van der Waals surface area contributed by atoms with Crippen LogP contribution >= 0.6 is 0 Å². The quantitative estimate of drug-likeness (QED) is 0.890. The molecule has 0 radical (unpaired) electrons. The van der Waals surface area contributed by atoms with Gasteiger partial charge in [-0.05, 0) is 35.9 Å². The molecule has 0 unspecified atom stereocenters. The molecule has 144 valence electrons. The second kappa shape index (κ2) is 7.70. The van der Waals surface area contributed by atoms with E-state index in [2.05, 4.69) is 4.90 Å². The van der Waals surface area contributed by atoms with Crippen LogP contribution in [-0.4, -0.2) is 48.9 Å². The molecule has 2 N–H and O–H groups in total. The zero-order valence-corrected chi connectivity index (χ0v) is 15.1. The fraction of sp³-hybridized carbons (Fsp3) is 0.350. The van der Waals surface area contributed by atoms with Crippen LogP contribution in [-0.2, 0) is 12.7 Å². The van der Waals surface area contributed by atoms with Crippen molar-refractivity contribution < 1.29 is 18.0 Å². The van der Waals surface area contributed by atoms with Crippen molar-refractivity contribution in [3.8, 4) is 11.1 Å². The van der Waals surface area contributed by atoms with Crippen molar-refractivity contribution in [1.82, 2.24) is 9.80 Å². The Balaban J connectivity index is 1.97. The first-order valence-corrected chi connectivity index (χ1v) is 8.76. The van der Waals surface area contributed by atoms with E-state index in [-0.39, 0.29) is 17.7 Å². The Hall–Kier alpha value is -2.38. The first-order valence-electron chi connectivity index (χ1n) is 8.76. The lowest BCUT2D eigenvalue weighted by molar-refractivity contribution is -0.138. The number of amides is 1. The van der Waals surface area contributed by atoms with E-state index in [0.717, 1.165) is 32.2 Å². The third kappa shape index (κ3) is 4.48. The summed E-state index contributed by atoms with van der Waals surface area (Å²) >= 11 is 0. The first-order chi connectivity index (χ1) is 12.8. The smallest absolute Gasteiger partial charge is 0.366 e. The standard InChI is InChI=1S/C20H22F3N3O/c1-25-8-10-26(11-9-25)13-15-7-6-14(12-18(15)20(21,22)23)16-4-2-3-5-17(16)19(24)27/h2-7,12H,8-11,13H2,1H3,(H2,24,27). The van der Waals surface area contributed by atoms with Crippen LogP contribution in [0.2, 0.25) is 0 Å². The summed E-state index contributed by atoms with van der Waals surface area (Å²) in [6.07, 6.45) is -4.47. The van der Waals surface area contributed by atoms with Gasteiger partial charge in [-0.15, -0.1) is 0 Å². The van der Waals surface area contributed by atoms with Crippen LogP contribution in [0, 0.1) is 0 Å². The maximum absolute atomic E-state index is 13.7. The highest BCUT2D eigenvalue weighted by Gasteiger charge is 2.34. The lowest BCUT2D eigenvalue weighted by Gasteiger charge is -2.33. The van der Waals surface area contributed by atoms with Gasteiger partial charge in [0, 0.05) is 38.3 Å². The molecule has 1 aliphatic rings. The molecular weight excluding hydrogens is 355 g/mol. The van der Waals surface area contributed by atoms with Gasteiger partial charge in [-0.2, -0.15) is 13.2 Å². The van der Waals surface area contributed by atoms with E-state index in [0.29, 0.717) is 11.1 Å². The molecule has 0 aromatic heterocycles. The highest BCUT2D eigenvalue weighted by molar-refractivity contribution is 5.99. The third-order valence-electron chi connectivity index (χ3n) is 4.91. The van der Waals surface area contributed by atoms with Crippen molar-refractivity contribution in [3.63, 3.8) is 0 Å². The second-order valence-electron chi connectivity index (χ2n) is 6.86. The predicted octanol–water partition coefficient (Wildman–Crippen LogP) is 3.22. The summed E-state index contributed by atoms with van der Waals surface area (Å²) in [6.45, 7) is 3.40. The molecule has 1 amide bonds. The van der Waals surface area contributed by atoms with Crippen LogP contribution in [0.4, 0.5) is 13.2 Å². The summed E-state index contributed by atoms with van der Waals surface area (Å²) in [5, 5.41) is 0. The van der Waals surface area contributed by atoms with Crippen LogP contribution in [0.1, 0.15) is 21.5 Å². The van der Waals surface area contributed by atoms with Gasteiger partial charge in [0.05, 0.1) is 5.56 Å². The van der Waals surface area contributed by atoms with E-state index in [1.54, 1.807) is 24.3 Å². The minimum atomic E-state index is -4.47. The molecule has 0 saturated carbocycles. The maximum atomic E-state index is 13.7. The fourth-order valence-electron chi connectivity index (χ4n) is 3.34. The minimum Gasteiger partial charge on any atom is -0.366 e. The molecule has 0 aliphatic carbocycles. The van der Waals surface area contributed by atoms with Gasteiger partial charge in [-0.1, -0.05) is 30.3 Å². The Morgan fingerprint density at radius 2 is 1.74 bits per heavy atom. The first kappa shape index (κ1) is 19.4. The van der Waals surface area contributed by atoms with Crippen molar-refractivity contribution in [2.24, 2.45) is 5.73 Å². The molecule has 2 aromatic rings. The molecular formula is C20H22F3N3O. The zero-order chi connectivity index (χ0) is 19.6. The van der Waals surface area contributed by atoms with Gasteiger partial charge < -0.3 is 10.6 Å². The Bertz CT molecular complexity index is 827. The summed E-state index contributed by atoms with van der Waals surface area (Å²) in [5.74, 6) is -0.666. The van der Waals surface area contributed by atoms with Gasteiger partial charge in [0.1, 0.15) is 0 Å². The van der Waals surface area contributed by atoms with Gasteiger partial charge in [-0.3, -0.25) is 9.69 Å². The average Bonchev–Trinajstić information content (AvgIpc) is 2.63. The Labute approximate surface area is 156 Å². The Morgan fingerprint density at radius 1 is 1.07 bits per heavy atom. The zero-order valence-electron chi connectivity index (χ0n) is 15.1. The lowest BCUT2D eigenvalue weighted by Crippen LogP contribution is -2.44. The number of piperazine rings is 1. The second-order valence-corrected chi connectivity index (χ2v) is 6.86. The summed E-state index contributed by atoms with van der Waals surface area (Å²) < 4.78 is 41.1. The number of primary amides is 1. The number of hydrogen-bond acceptors (Lipinski definition) is 3. The fourth-order valence-corrected chi connectivity index (χ4v) is 3.34. The molecule has 7 heteroatoms. The Kier molecular flexibility index (Phi) is 5.53. The number of likely N-dealkylation sites (N-methyl/N-ethyl adjacent to an activating group) is 1. The number of alkyl halides is 3. The van der Waals surface area contributed by atoms with Crippen LogP contribution in [0.3, 0.4) is 0 Å². The molecule has 1 aliphatic heterocycles. The van der Waals surface area contributed by atoms with Gasteiger partial charge in [0.2, 0.25) is 5.91 Å². The largest absolute Gasteiger partial charge is 0.416 e. The topological polar surface area (TPSA) is 49.6 Å². The number of halogens is 3. The summed E-state index contributed by atoms with van der Waals surface area (Å²) in [4.78, 5) is 15.8. The molecule has 0 bridgehead atoms. The molecule has 2 aromatic carbocycles. The maximum Gasteiger partial charge on any atom is 0.416 e. The summed E-state index contributed by atoms with van der Waals surface area (Å²) in [6, 6.07) is 10.7. The van der Waals surface area contributed by atoms with Gasteiger partial charge >= 0.3 is 6.18 Å². The number of carbonyl (C=O) groups is 1. The van der Waals surface area contributed by atoms with E-state index in [4.69, 9.17) is 5.73 Å². The molecule has 1 heterocycles. The molecule has 1 saturated heterocycles. The van der Waals surface area contributed by atoms with E-state index in [1.807, 2.05) is 11.9 Å². The van der Waals surface area contributed by atoms with Crippen LogP contribution in [0.25, 0.3) is 11.1 Å². The molecule has 4 nitrogen and oxygen atoms in total. The minimum absolute atomic E-state index is 0.206. The van der Waals surface area contributed by atoms with Crippen LogP contribution < -0.4 is 5.73 Å². The molecule has 3 rings (SSSR count). The highest BCUT2D eigenvalue weighted by atomic mass is 19.4. The number of benzene rings is 2. The van der Waals surface area contributed by atoms with Crippen molar-refractivity contribution in [2.75, 3.05) is 33.2 Å². The molecule has 27 heavy (non-hydrogen) atoms. The summed E-state index contributed by atoms with van der Waals surface area (Å²) in [7, 11) is 2.00.